The van der Waals surface area contributed by atoms with Crippen molar-refractivity contribution in [3.8, 4) is 56.6 Å². The Labute approximate surface area is 334 Å². The fraction of sp³-hybridized carbons (Fsp3) is 0.106. The molecule has 0 fully saturated rings. The SMILES string of the molecule is Cc1ccnc(-n2c3[c-]c(Oc4[c-]c(-n5nc(-c6ccncc6)c(-c6c(C)c(C)cc(C)c6C)c5-c5ccncc5)ccc4)ccc3c3ccccc32)c1.[Pt+2]. The van der Waals surface area contributed by atoms with Gasteiger partial charge in [0.05, 0.1) is 5.69 Å². The van der Waals surface area contributed by atoms with E-state index in [1.165, 1.54) is 27.8 Å². The Bertz CT molecular complexity index is 2830. The predicted molar refractivity (Wildman–Crippen MR) is 215 cm³/mol. The van der Waals surface area contributed by atoms with Gasteiger partial charge in [-0.1, -0.05) is 29.8 Å². The van der Waals surface area contributed by atoms with E-state index >= 15 is 0 Å². The summed E-state index contributed by atoms with van der Waals surface area (Å²) in [5.74, 6) is 1.95. The number of pyridine rings is 3. The normalized spacial score (nSPS) is 11.2. The molecule has 0 aliphatic heterocycles. The third kappa shape index (κ3) is 6.34. The monoisotopic (exact) mass is 895 g/mol. The Hall–Kier alpha value is -6.17. The molecule has 0 saturated carbocycles. The van der Waals surface area contributed by atoms with E-state index in [1.807, 2.05) is 90.3 Å². The van der Waals surface area contributed by atoms with E-state index in [0.29, 0.717) is 11.5 Å². The number of benzene rings is 4. The van der Waals surface area contributed by atoms with Crippen LogP contribution in [0.1, 0.15) is 27.8 Å². The number of fused-ring (bicyclic) bond motifs is 3. The van der Waals surface area contributed by atoms with E-state index < -0.39 is 0 Å². The van der Waals surface area contributed by atoms with E-state index in [-0.39, 0.29) is 21.1 Å². The van der Waals surface area contributed by atoms with Crippen LogP contribution in [0.3, 0.4) is 0 Å². The molecule has 0 aliphatic rings. The fourth-order valence-corrected chi connectivity index (χ4v) is 7.46. The Balaban J connectivity index is 0.00000427. The van der Waals surface area contributed by atoms with Gasteiger partial charge in [0, 0.05) is 64.7 Å². The maximum atomic E-state index is 6.58. The molecule has 5 aromatic heterocycles. The zero-order valence-electron chi connectivity index (χ0n) is 31.0. The molecule has 0 N–H and O–H groups in total. The van der Waals surface area contributed by atoms with Crippen LogP contribution >= 0.6 is 0 Å². The Morgan fingerprint density at radius 2 is 1.29 bits per heavy atom. The van der Waals surface area contributed by atoms with Crippen LogP contribution in [0.4, 0.5) is 0 Å². The van der Waals surface area contributed by atoms with Crippen molar-refractivity contribution < 1.29 is 25.8 Å². The topological polar surface area (TPSA) is 70.7 Å². The summed E-state index contributed by atoms with van der Waals surface area (Å²) in [4.78, 5) is 13.4. The maximum Gasteiger partial charge on any atom is 2.00 e. The molecule has 0 saturated heterocycles. The molecule has 9 rings (SSSR count). The van der Waals surface area contributed by atoms with Gasteiger partial charge < -0.3 is 9.30 Å². The number of aromatic nitrogens is 6. The summed E-state index contributed by atoms with van der Waals surface area (Å²) in [6.45, 7) is 10.8. The van der Waals surface area contributed by atoms with Crippen LogP contribution in [0.2, 0.25) is 0 Å². The van der Waals surface area contributed by atoms with Crippen LogP contribution in [0.5, 0.6) is 11.5 Å². The molecule has 270 valence electrons. The summed E-state index contributed by atoms with van der Waals surface area (Å²) in [7, 11) is 0. The van der Waals surface area contributed by atoms with Crippen LogP contribution in [-0.4, -0.2) is 29.3 Å². The minimum atomic E-state index is 0. The number of ether oxygens (including phenoxy) is 1. The van der Waals surface area contributed by atoms with Crippen LogP contribution in [0, 0.1) is 46.8 Å². The van der Waals surface area contributed by atoms with Crippen molar-refractivity contribution in [2.24, 2.45) is 0 Å². The third-order valence-electron chi connectivity index (χ3n) is 10.3. The van der Waals surface area contributed by atoms with E-state index in [2.05, 4.69) is 104 Å². The Kier molecular flexibility index (Phi) is 9.50. The minimum absolute atomic E-state index is 0. The maximum absolute atomic E-state index is 6.58. The zero-order chi connectivity index (χ0) is 36.9. The molecule has 8 heteroatoms. The van der Waals surface area contributed by atoms with Crippen molar-refractivity contribution >= 4 is 21.8 Å². The van der Waals surface area contributed by atoms with E-state index in [4.69, 9.17) is 14.8 Å². The van der Waals surface area contributed by atoms with Crippen LogP contribution in [-0.2, 0) is 21.1 Å². The first-order chi connectivity index (χ1) is 26.4. The molecule has 0 unspecified atom stereocenters. The quantitative estimate of drug-likeness (QED) is 0.149. The number of para-hydroxylation sites is 1. The van der Waals surface area contributed by atoms with Gasteiger partial charge in [-0.3, -0.25) is 14.6 Å². The molecule has 0 aliphatic carbocycles. The van der Waals surface area contributed by atoms with Crippen LogP contribution < -0.4 is 4.74 Å². The first-order valence-corrected chi connectivity index (χ1v) is 18.0. The molecule has 0 radical (unpaired) electrons. The first kappa shape index (κ1) is 35.8. The fourth-order valence-electron chi connectivity index (χ4n) is 7.46. The summed E-state index contributed by atoms with van der Waals surface area (Å²) in [6, 6.07) is 39.9. The van der Waals surface area contributed by atoms with Gasteiger partial charge in [0.2, 0.25) is 0 Å². The molecule has 0 bridgehead atoms. The van der Waals surface area contributed by atoms with Gasteiger partial charge in [-0.15, -0.1) is 35.7 Å². The number of hydrogen-bond acceptors (Lipinski definition) is 5. The van der Waals surface area contributed by atoms with Crippen molar-refractivity contribution in [3.05, 3.63) is 168 Å². The molecule has 7 nitrogen and oxygen atoms in total. The minimum Gasteiger partial charge on any atom is -0.509 e. The van der Waals surface area contributed by atoms with Crippen LogP contribution in [0.25, 0.3) is 67.0 Å². The zero-order valence-corrected chi connectivity index (χ0v) is 33.3. The predicted octanol–water partition coefficient (Wildman–Crippen LogP) is 11.1. The summed E-state index contributed by atoms with van der Waals surface area (Å²) in [5, 5.41) is 7.58. The van der Waals surface area contributed by atoms with Crippen molar-refractivity contribution in [3.63, 3.8) is 0 Å². The molecular weight excluding hydrogens is 860 g/mol. The molecule has 4 aromatic carbocycles. The largest absolute Gasteiger partial charge is 2.00 e. The van der Waals surface area contributed by atoms with Gasteiger partial charge >= 0.3 is 21.1 Å². The summed E-state index contributed by atoms with van der Waals surface area (Å²) >= 11 is 0. The smallest absolute Gasteiger partial charge is 0.509 e. The van der Waals surface area contributed by atoms with Gasteiger partial charge in [-0.05, 0) is 122 Å². The molecule has 0 spiro atoms. The molecule has 5 heterocycles. The van der Waals surface area contributed by atoms with Crippen molar-refractivity contribution in [1.29, 1.82) is 0 Å². The molecule has 0 atom stereocenters. The Morgan fingerprint density at radius 1 is 0.600 bits per heavy atom. The second kappa shape index (κ2) is 14.6. The van der Waals surface area contributed by atoms with E-state index in [9.17, 15) is 0 Å². The van der Waals surface area contributed by atoms with Gasteiger partial charge in [-0.2, -0.15) is 17.2 Å². The van der Waals surface area contributed by atoms with Gasteiger partial charge in [0.25, 0.3) is 0 Å². The molecule has 0 amide bonds. The summed E-state index contributed by atoms with van der Waals surface area (Å²) < 4.78 is 10.7. The van der Waals surface area contributed by atoms with Crippen LogP contribution in [0.15, 0.2) is 128 Å². The second-order valence-corrected chi connectivity index (χ2v) is 13.7. The van der Waals surface area contributed by atoms with Gasteiger partial charge in [0.1, 0.15) is 11.5 Å². The number of rotatable bonds is 7. The molecule has 9 aromatic rings. The first-order valence-electron chi connectivity index (χ1n) is 18.0. The summed E-state index contributed by atoms with van der Waals surface area (Å²) in [6.07, 6.45) is 9.12. The standard InChI is InChI=1S/C47H36N6O.Pt/c1-29-15-24-50-43(25-29)52-41-12-7-6-11-39(41)40-14-13-38(28-42(40)52)54-37-10-8-9-36(27-37)53-47(35-18-22-49-23-19-35)45(46(51-53)34-16-20-48-21-17-34)44-32(4)30(2)26-31(3)33(44)5;/h6-26H,1-5H3;/q-2;+2. The second-order valence-electron chi connectivity index (χ2n) is 13.7. The molecular formula is C47H36N6OPt. The van der Waals surface area contributed by atoms with E-state index in [0.717, 1.165) is 67.0 Å². The van der Waals surface area contributed by atoms with Crippen molar-refractivity contribution in [1.82, 2.24) is 29.3 Å². The van der Waals surface area contributed by atoms with E-state index in [1.54, 1.807) is 0 Å². The van der Waals surface area contributed by atoms with Gasteiger partial charge in [-0.25, -0.2) is 4.98 Å². The third-order valence-corrected chi connectivity index (χ3v) is 10.3. The summed E-state index contributed by atoms with van der Waals surface area (Å²) in [5.41, 5.74) is 14.7. The molecule has 55 heavy (non-hydrogen) atoms. The number of nitrogens with zero attached hydrogens (tertiary/aromatic N) is 6. The van der Waals surface area contributed by atoms with Crippen molar-refractivity contribution in [2.45, 2.75) is 34.6 Å². The van der Waals surface area contributed by atoms with Gasteiger partial charge in [0.15, 0.2) is 0 Å². The number of aryl methyl sites for hydroxylation is 3. The Morgan fingerprint density at radius 3 is 2.02 bits per heavy atom. The number of hydrogen-bond donors (Lipinski definition) is 0. The average Bonchev–Trinajstić information content (AvgIpc) is 3.74. The van der Waals surface area contributed by atoms with Crippen molar-refractivity contribution in [2.75, 3.05) is 0 Å². The average molecular weight is 896 g/mol.